The van der Waals surface area contributed by atoms with Crippen molar-refractivity contribution in [2.24, 2.45) is 0 Å². The van der Waals surface area contributed by atoms with E-state index in [9.17, 15) is 4.39 Å². The molecule has 1 heterocycles. The van der Waals surface area contributed by atoms with Crippen molar-refractivity contribution in [1.82, 2.24) is 5.32 Å². The highest BCUT2D eigenvalue weighted by atomic mass is 19.1. The largest absolute Gasteiger partial charge is 0.310 e. The van der Waals surface area contributed by atoms with Gasteiger partial charge in [0, 0.05) is 6.04 Å². The van der Waals surface area contributed by atoms with Gasteiger partial charge in [0.1, 0.15) is 5.82 Å². The molecule has 1 N–H and O–H groups in total. The van der Waals surface area contributed by atoms with Gasteiger partial charge in [-0.2, -0.15) is 0 Å². The van der Waals surface area contributed by atoms with Crippen molar-refractivity contribution in [3.05, 3.63) is 34.6 Å². The van der Waals surface area contributed by atoms with Crippen LogP contribution in [0.1, 0.15) is 48.4 Å². The number of nitrogens with one attached hydrogen (secondary N) is 1. The van der Waals surface area contributed by atoms with Crippen LogP contribution in [0.25, 0.3) is 0 Å². The molecule has 1 saturated heterocycles. The van der Waals surface area contributed by atoms with Gasteiger partial charge in [-0.05, 0) is 67.8 Å². The van der Waals surface area contributed by atoms with Crippen LogP contribution in [0.15, 0.2) is 12.1 Å². The van der Waals surface area contributed by atoms with Gasteiger partial charge in [0.15, 0.2) is 0 Å². The van der Waals surface area contributed by atoms with Crippen LogP contribution in [0.3, 0.4) is 0 Å². The summed E-state index contributed by atoms with van der Waals surface area (Å²) >= 11 is 0. The number of hydrogen-bond donors (Lipinski definition) is 1. The lowest BCUT2D eigenvalue weighted by molar-refractivity contribution is 0.566. The molecule has 1 aliphatic carbocycles. The molecule has 3 rings (SSSR count). The Morgan fingerprint density at radius 3 is 2.81 bits per heavy atom. The second-order valence-electron chi connectivity index (χ2n) is 5.00. The summed E-state index contributed by atoms with van der Waals surface area (Å²) < 4.78 is 14.0. The molecule has 0 amide bonds. The summed E-state index contributed by atoms with van der Waals surface area (Å²) in [5, 5.41) is 3.44. The van der Waals surface area contributed by atoms with E-state index in [-0.39, 0.29) is 5.82 Å². The fraction of sp³-hybridized carbons (Fsp3) is 0.571. The van der Waals surface area contributed by atoms with Crippen LogP contribution in [0.2, 0.25) is 0 Å². The van der Waals surface area contributed by atoms with E-state index >= 15 is 0 Å². The van der Waals surface area contributed by atoms with Crippen molar-refractivity contribution >= 4 is 0 Å². The SMILES string of the molecule is Fc1cc([C@@H]2CCCN2)cc2c1CCCC2. The van der Waals surface area contributed by atoms with Gasteiger partial charge in [0.05, 0.1) is 0 Å². The number of fused-ring (bicyclic) bond motifs is 1. The molecule has 1 aliphatic heterocycles. The Morgan fingerprint density at radius 2 is 2.00 bits per heavy atom. The third-order valence-electron chi connectivity index (χ3n) is 3.90. The second-order valence-corrected chi connectivity index (χ2v) is 5.00. The van der Waals surface area contributed by atoms with Gasteiger partial charge in [-0.1, -0.05) is 6.07 Å². The predicted molar refractivity (Wildman–Crippen MR) is 63.0 cm³/mol. The van der Waals surface area contributed by atoms with Gasteiger partial charge >= 0.3 is 0 Å². The minimum atomic E-state index is 0.0286. The van der Waals surface area contributed by atoms with E-state index < -0.39 is 0 Å². The van der Waals surface area contributed by atoms with Crippen LogP contribution >= 0.6 is 0 Å². The van der Waals surface area contributed by atoms with E-state index in [1.807, 2.05) is 0 Å². The molecule has 1 fully saturated rings. The van der Waals surface area contributed by atoms with E-state index in [1.165, 1.54) is 18.4 Å². The minimum absolute atomic E-state index is 0.0286. The summed E-state index contributed by atoms with van der Waals surface area (Å²) in [6.07, 6.45) is 6.72. The second kappa shape index (κ2) is 4.17. The molecule has 1 aromatic carbocycles. The molecule has 1 atom stereocenters. The third kappa shape index (κ3) is 1.75. The van der Waals surface area contributed by atoms with Gasteiger partial charge in [-0.3, -0.25) is 0 Å². The van der Waals surface area contributed by atoms with Crippen molar-refractivity contribution in [3.8, 4) is 0 Å². The Balaban J connectivity index is 1.97. The molecule has 1 nitrogen and oxygen atoms in total. The van der Waals surface area contributed by atoms with Crippen molar-refractivity contribution in [3.63, 3.8) is 0 Å². The lowest BCUT2D eigenvalue weighted by Crippen LogP contribution is -2.15. The highest BCUT2D eigenvalue weighted by Gasteiger charge is 2.20. The molecule has 0 bridgehead atoms. The van der Waals surface area contributed by atoms with Gasteiger partial charge in [0.2, 0.25) is 0 Å². The molecule has 0 spiro atoms. The summed E-state index contributed by atoms with van der Waals surface area (Å²) in [4.78, 5) is 0. The van der Waals surface area contributed by atoms with E-state index in [1.54, 1.807) is 6.07 Å². The molecule has 1 aromatic rings. The van der Waals surface area contributed by atoms with E-state index in [4.69, 9.17) is 0 Å². The van der Waals surface area contributed by atoms with Crippen LogP contribution in [0.5, 0.6) is 0 Å². The zero-order valence-corrected chi connectivity index (χ0v) is 9.56. The Kier molecular flexibility index (Phi) is 2.68. The Bertz CT molecular complexity index is 394. The molecule has 0 aromatic heterocycles. The maximum absolute atomic E-state index is 14.0. The van der Waals surface area contributed by atoms with Crippen LogP contribution in [0.4, 0.5) is 4.39 Å². The average molecular weight is 219 g/mol. The molecule has 86 valence electrons. The van der Waals surface area contributed by atoms with Crippen LogP contribution in [-0.4, -0.2) is 6.54 Å². The number of aryl methyl sites for hydroxylation is 1. The number of rotatable bonds is 1. The fourth-order valence-corrected chi connectivity index (χ4v) is 3.01. The maximum Gasteiger partial charge on any atom is 0.127 e. The normalized spacial score (nSPS) is 24.4. The molecular weight excluding hydrogens is 201 g/mol. The molecular formula is C14H18FN. The molecule has 2 aliphatic rings. The van der Waals surface area contributed by atoms with Gasteiger partial charge in [-0.15, -0.1) is 0 Å². The highest BCUT2D eigenvalue weighted by molar-refractivity contribution is 5.36. The van der Waals surface area contributed by atoms with E-state index in [0.717, 1.165) is 43.4 Å². The standard InChI is InChI=1S/C14H18FN/c15-13-9-11(14-6-3-7-16-14)8-10-4-1-2-5-12(10)13/h8-9,14,16H,1-7H2/t14-/m0/s1. The number of benzene rings is 1. The Hall–Kier alpha value is -0.890. The topological polar surface area (TPSA) is 12.0 Å². The first kappa shape index (κ1) is 10.3. The van der Waals surface area contributed by atoms with E-state index in [2.05, 4.69) is 11.4 Å². The number of hydrogen-bond acceptors (Lipinski definition) is 1. The van der Waals surface area contributed by atoms with Gasteiger partial charge in [-0.25, -0.2) is 4.39 Å². The van der Waals surface area contributed by atoms with E-state index in [0.29, 0.717) is 6.04 Å². The van der Waals surface area contributed by atoms with Gasteiger partial charge < -0.3 is 5.32 Å². The summed E-state index contributed by atoms with van der Waals surface area (Å²) in [5.74, 6) is 0.0286. The van der Waals surface area contributed by atoms with Crippen molar-refractivity contribution in [2.75, 3.05) is 6.54 Å². The Labute approximate surface area is 96.1 Å². The lowest BCUT2D eigenvalue weighted by Gasteiger charge is -2.20. The molecule has 0 unspecified atom stereocenters. The first-order valence-electron chi connectivity index (χ1n) is 6.39. The fourth-order valence-electron chi connectivity index (χ4n) is 3.01. The van der Waals surface area contributed by atoms with Gasteiger partial charge in [0.25, 0.3) is 0 Å². The third-order valence-corrected chi connectivity index (χ3v) is 3.90. The molecule has 2 heteroatoms. The quantitative estimate of drug-likeness (QED) is 0.765. The summed E-state index contributed by atoms with van der Waals surface area (Å²) in [5.41, 5.74) is 3.40. The first-order chi connectivity index (χ1) is 7.84. The van der Waals surface area contributed by atoms with Crippen molar-refractivity contribution in [2.45, 2.75) is 44.6 Å². The summed E-state index contributed by atoms with van der Waals surface area (Å²) in [7, 11) is 0. The highest BCUT2D eigenvalue weighted by Crippen LogP contribution is 2.30. The Morgan fingerprint density at radius 1 is 1.12 bits per heavy atom. The molecule has 0 saturated carbocycles. The van der Waals surface area contributed by atoms with Crippen molar-refractivity contribution < 1.29 is 4.39 Å². The average Bonchev–Trinajstić information content (AvgIpc) is 2.82. The van der Waals surface area contributed by atoms with Crippen molar-refractivity contribution in [1.29, 1.82) is 0 Å². The predicted octanol–water partition coefficient (Wildman–Crippen LogP) is 3.13. The summed E-state index contributed by atoms with van der Waals surface area (Å²) in [6, 6.07) is 4.38. The lowest BCUT2D eigenvalue weighted by atomic mass is 9.88. The first-order valence-corrected chi connectivity index (χ1v) is 6.39. The smallest absolute Gasteiger partial charge is 0.127 e. The summed E-state index contributed by atoms with van der Waals surface area (Å²) in [6.45, 7) is 1.07. The zero-order valence-electron chi connectivity index (χ0n) is 9.56. The number of halogens is 1. The minimum Gasteiger partial charge on any atom is -0.310 e. The molecule has 0 radical (unpaired) electrons. The van der Waals surface area contributed by atoms with Crippen LogP contribution < -0.4 is 5.32 Å². The maximum atomic E-state index is 14.0. The van der Waals surface area contributed by atoms with Crippen LogP contribution in [0, 0.1) is 5.82 Å². The monoisotopic (exact) mass is 219 g/mol. The van der Waals surface area contributed by atoms with Crippen LogP contribution in [-0.2, 0) is 12.8 Å². The molecule has 16 heavy (non-hydrogen) atoms. The zero-order chi connectivity index (χ0) is 11.0.